The fourth-order valence-electron chi connectivity index (χ4n) is 13.7. The predicted molar refractivity (Wildman–Crippen MR) is 165 cm³/mol. The van der Waals surface area contributed by atoms with Crippen LogP contribution in [0.25, 0.3) is 0 Å². The molecule has 0 aromatic rings. The van der Waals surface area contributed by atoms with Crippen molar-refractivity contribution >= 4 is 5.91 Å². The molecule has 0 bridgehead atoms. The Kier molecular flexibility index (Phi) is 6.79. The van der Waals surface area contributed by atoms with Crippen molar-refractivity contribution in [3.05, 3.63) is 0 Å². The number of ether oxygens (including phenoxy) is 3. The minimum atomic E-state index is -0.473. The Balaban J connectivity index is 1.01. The second-order valence-corrected chi connectivity index (χ2v) is 17.9. The Morgan fingerprint density at radius 2 is 1.80 bits per heavy atom. The van der Waals surface area contributed by atoms with Crippen molar-refractivity contribution in [3.63, 3.8) is 0 Å². The number of amides is 1. The van der Waals surface area contributed by atoms with E-state index in [1.807, 2.05) is 4.90 Å². The average Bonchev–Trinajstić information content (AvgIpc) is 3.90. The maximum absolute atomic E-state index is 12.9. The maximum atomic E-state index is 12.9. The minimum Gasteiger partial charge on any atom is -0.390 e. The first-order valence-electron chi connectivity index (χ1n) is 18.2. The van der Waals surface area contributed by atoms with Gasteiger partial charge in [0.25, 0.3) is 0 Å². The number of fused-ring (bicyclic) bond motifs is 4. The van der Waals surface area contributed by atoms with Crippen LogP contribution in [-0.4, -0.2) is 66.3 Å². The second-order valence-electron chi connectivity index (χ2n) is 17.9. The van der Waals surface area contributed by atoms with Crippen LogP contribution in [0.4, 0.5) is 0 Å². The molecule has 44 heavy (non-hydrogen) atoms. The number of nitrogens with zero attached hydrogens (tertiary/aromatic N) is 2. The van der Waals surface area contributed by atoms with Crippen LogP contribution in [0.15, 0.2) is 0 Å². The van der Waals surface area contributed by atoms with Crippen molar-refractivity contribution in [2.75, 3.05) is 19.7 Å². The number of rotatable bonds is 5. The quantitative estimate of drug-likeness (QED) is 0.407. The molecule has 8 fully saturated rings. The van der Waals surface area contributed by atoms with Crippen molar-refractivity contribution in [2.24, 2.45) is 56.7 Å². The molecule has 2 spiro atoms. The van der Waals surface area contributed by atoms with E-state index in [2.05, 4.69) is 40.7 Å². The van der Waals surface area contributed by atoms with Gasteiger partial charge in [-0.05, 0) is 115 Å². The van der Waals surface area contributed by atoms with E-state index in [9.17, 15) is 15.2 Å². The molecule has 2 heterocycles. The molecular formula is C37H56N2O5. The van der Waals surface area contributed by atoms with Crippen molar-refractivity contribution < 1.29 is 24.1 Å². The zero-order valence-corrected chi connectivity index (χ0v) is 27.9. The molecule has 0 radical (unpaired) electrons. The summed E-state index contributed by atoms with van der Waals surface area (Å²) in [7, 11) is 0. The first kappa shape index (κ1) is 30.2. The number of carbonyl (C=O) groups is 1. The van der Waals surface area contributed by atoms with Gasteiger partial charge in [0, 0.05) is 18.4 Å². The second kappa shape index (κ2) is 9.91. The summed E-state index contributed by atoms with van der Waals surface area (Å²) in [6.07, 6.45) is 11.9. The lowest BCUT2D eigenvalue weighted by atomic mass is 9.41. The first-order valence-corrected chi connectivity index (χ1v) is 18.2. The third kappa shape index (κ3) is 3.90. The molecule has 0 aromatic heterocycles. The lowest BCUT2D eigenvalue weighted by molar-refractivity contribution is -0.248. The molecule has 13 atom stereocenters. The summed E-state index contributed by atoms with van der Waals surface area (Å²) in [4.78, 5) is 14.8. The van der Waals surface area contributed by atoms with Crippen LogP contribution in [-0.2, 0) is 19.0 Å². The van der Waals surface area contributed by atoms with Gasteiger partial charge >= 0.3 is 0 Å². The van der Waals surface area contributed by atoms with Crippen molar-refractivity contribution in [1.29, 1.82) is 5.26 Å². The number of hydrogen-bond donors (Lipinski definition) is 1. The third-order valence-corrected chi connectivity index (χ3v) is 16.0. The Hall–Kier alpha value is -1.20. The van der Waals surface area contributed by atoms with E-state index in [0.717, 1.165) is 12.8 Å². The number of nitriles is 1. The van der Waals surface area contributed by atoms with Gasteiger partial charge in [-0.25, -0.2) is 0 Å². The van der Waals surface area contributed by atoms with Gasteiger partial charge in [-0.3, -0.25) is 4.79 Å². The van der Waals surface area contributed by atoms with Gasteiger partial charge < -0.3 is 24.2 Å². The molecule has 6 saturated carbocycles. The Morgan fingerprint density at radius 1 is 1.05 bits per heavy atom. The standard InChI is InChI=1S/C37H56N2O5/c1-22-18-24(11-15-38)43-31-30(22)34(4)13-14-37-21-36(37)12-10-27(33(2,3)25(36)8-9-26(37)35(34,5)32(31)41)44-29-20-39(16-17-42-29)28(40)19-23-6-7-23/h22-27,29-32,41H,6-14,16-21H2,1-5H3. The number of hydrogen-bond acceptors (Lipinski definition) is 6. The zero-order chi connectivity index (χ0) is 30.9. The van der Waals surface area contributed by atoms with E-state index in [-0.39, 0.29) is 46.8 Å². The molecule has 1 N–H and O–H groups in total. The molecule has 2 aliphatic heterocycles. The molecule has 8 aliphatic rings. The predicted octanol–water partition coefficient (Wildman–Crippen LogP) is 6.08. The van der Waals surface area contributed by atoms with Gasteiger partial charge in [-0.1, -0.05) is 34.6 Å². The van der Waals surface area contributed by atoms with Gasteiger partial charge in [0.15, 0.2) is 6.29 Å². The molecule has 8 rings (SSSR count). The molecule has 2 saturated heterocycles. The smallest absolute Gasteiger partial charge is 0.223 e. The lowest BCUT2D eigenvalue weighted by Crippen LogP contribution is -2.60. The fraction of sp³-hybridized carbons (Fsp3) is 0.946. The molecule has 1 amide bonds. The van der Waals surface area contributed by atoms with Crippen LogP contribution in [0.1, 0.15) is 112 Å². The van der Waals surface area contributed by atoms with Crippen LogP contribution in [0, 0.1) is 68.0 Å². The topological polar surface area (TPSA) is 92.0 Å². The summed E-state index contributed by atoms with van der Waals surface area (Å²) >= 11 is 0. The maximum Gasteiger partial charge on any atom is 0.223 e. The largest absolute Gasteiger partial charge is 0.390 e. The van der Waals surface area contributed by atoms with Crippen LogP contribution < -0.4 is 0 Å². The molecule has 7 heteroatoms. The van der Waals surface area contributed by atoms with E-state index >= 15 is 0 Å². The SMILES string of the molecule is CC1CC(CC#N)OC2C1C1(C)CCC34CC35CCC(OC3CN(C(=O)CC6CC6)CCO3)C(C)(C)C5CCC4C1(C)C2O. The Labute approximate surface area is 264 Å². The van der Waals surface area contributed by atoms with Gasteiger partial charge in [-0.15, -0.1) is 0 Å². The summed E-state index contributed by atoms with van der Waals surface area (Å²) in [5.41, 5.74) is 0.560. The normalized spacial score (nSPS) is 53.8. The molecule has 6 aliphatic carbocycles. The summed E-state index contributed by atoms with van der Waals surface area (Å²) in [5, 5.41) is 21.7. The highest BCUT2D eigenvalue weighted by atomic mass is 16.7. The van der Waals surface area contributed by atoms with Crippen LogP contribution >= 0.6 is 0 Å². The highest BCUT2D eigenvalue weighted by molar-refractivity contribution is 5.76. The van der Waals surface area contributed by atoms with Crippen LogP contribution in [0.3, 0.4) is 0 Å². The average molecular weight is 609 g/mol. The third-order valence-electron chi connectivity index (χ3n) is 16.0. The molecule has 244 valence electrons. The van der Waals surface area contributed by atoms with Gasteiger partial charge in [0.2, 0.25) is 5.91 Å². The zero-order valence-electron chi connectivity index (χ0n) is 27.9. The number of aliphatic hydroxyl groups excluding tert-OH is 1. The highest BCUT2D eigenvalue weighted by Crippen LogP contribution is 2.89. The van der Waals surface area contributed by atoms with Gasteiger partial charge in [0.05, 0.1) is 50.1 Å². The summed E-state index contributed by atoms with van der Waals surface area (Å²) in [5.74, 6) is 2.80. The van der Waals surface area contributed by atoms with Crippen LogP contribution in [0.5, 0.6) is 0 Å². The molecule has 7 nitrogen and oxygen atoms in total. The Bertz CT molecular complexity index is 1230. The summed E-state index contributed by atoms with van der Waals surface area (Å²) in [6, 6.07) is 2.33. The fourth-order valence-corrected chi connectivity index (χ4v) is 13.7. The van der Waals surface area contributed by atoms with E-state index < -0.39 is 6.10 Å². The van der Waals surface area contributed by atoms with Crippen molar-refractivity contribution in [2.45, 2.75) is 142 Å². The summed E-state index contributed by atoms with van der Waals surface area (Å²) in [6.45, 7) is 14.0. The lowest BCUT2D eigenvalue weighted by Gasteiger charge is -2.64. The van der Waals surface area contributed by atoms with E-state index in [1.165, 1.54) is 51.4 Å². The van der Waals surface area contributed by atoms with E-state index in [4.69, 9.17) is 14.2 Å². The van der Waals surface area contributed by atoms with Crippen molar-refractivity contribution in [3.8, 4) is 6.07 Å². The number of carbonyl (C=O) groups excluding carboxylic acids is 1. The first-order chi connectivity index (χ1) is 20.9. The van der Waals surface area contributed by atoms with Gasteiger partial charge in [-0.2, -0.15) is 5.26 Å². The van der Waals surface area contributed by atoms with Gasteiger partial charge in [0.1, 0.15) is 0 Å². The minimum absolute atomic E-state index is 0.0302. The van der Waals surface area contributed by atoms with E-state index in [0.29, 0.717) is 73.0 Å². The monoisotopic (exact) mass is 608 g/mol. The number of morpholine rings is 1. The Morgan fingerprint density at radius 3 is 2.55 bits per heavy atom. The van der Waals surface area contributed by atoms with Crippen LogP contribution in [0.2, 0.25) is 0 Å². The molecular weight excluding hydrogens is 552 g/mol. The van der Waals surface area contributed by atoms with Crippen molar-refractivity contribution in [1.82, 2.24) is 4.90 Å². The molecule has 13 unspecified atom stereocenters. The summed E-state index contributed by atoms with van der Waals surface area (Å²) < 4.78 is 19.6. The van der Waals surface area contributed by atoms with E-state index in [1.54, 1.807) is 0 Å². The highest BCUT2D eigenvalue weighted by Gasteiger charge is 2.84. The number of aliphatic hydroxyl groups is 1. The molecule has 0 aromatic carbocycles.